The minimum atomic E-state index is 1.63. The fraction of sp³-hybridized carbons (Fsp3) is 0.250. The molecule has 3 nitrogen and oxygen atoms in total. The molecule has 3 heteroatoms. The van der Waals surface area contributed by atoms with Crippen LogP contribution in [-0.2, 0) is 0 Å². The summed E-state index contributed by atoms with van der Waals surface area (Å²) in [5.41, 5.74) is 0. The van der Waals surface area contributed by atoms with Crippen LogP contribution in [0.3, 0.4) is 0 Å². The first-order valence-corrected chi connectivity index (χ1v) is 1.93. The number of rotatable bonds is 0. The number of nitrogens with zero attached hydrogens (tertiary/aromatic N) is 3. The molecule has 0 unspecified atom stereocenters. The Bertz CT molecular complexity index is 93.5. The molecule has 36 valence electrons. The molecule has 0 bridgehead atoms. The first kappa shape index (κ1) is 4.30. The topological polar surface area (TPSA) is 28.0 Å². The third-order valence-electron chi connectivity index (χ3n) is 0.595. The summed E-state index contributed by atoms with van der Waals surface area (Å²) in [6.07, 6.45) is 3.26. The molecule has 0 aromatic heterocycles. The van der Waals surface area contributed by atoms with E-state index in [0.717, 1.165) is 0 Å². The average molecular weight is 95.1 g/mol. The second-order valence-electron chi connectivity index (χ2n) is 1.25. The van der Waals surface area contributed by atoms with Gasteiger partial charge in [0.05, 0.1) is 12.7 Å². The molecule has 0 aromatic rings. The highest BCUT2D eigenvalue weighted by Gasteiger charge is 1.88. The lowest BCUT2D eigenvalue weighted by Gasteiger charge is -2.05. The Hall–Kier alpha value is -0.860. The van der Waals surface area contributed by atoms with E-state index in [4.69, 9.17) is 0 Å². The zero-order valence-corrected chi connectivity index (χ0v) is 4.00. The van der Waals surface area contributed by atoms with Gasteiger partial charge in [-0.15, -0.1) is 0 Å². The lowest BCUT2D eigenvalue weighted by Crippen LogP contribution is -2.15. The van der Waals surface area contributed by atoms with Crippen LogP contribution in [0, 0.1) is 6.67 Å². The monoisotopic (exact) mass is 95.0 g/mol. The van der Waals surface area contributed by atoms with Crippen LogP contribution in [0.2, 0.25) is 0 Å². The Morgan fingerprint density at radius 3 is 2.29 bits per heavy atom. The van der Waals surface area contributed by atoms with Gasteiger partial charge in [0.1, 0.15) is 0 Å². The first-order chi connectivity index (χ1) is 3.39. The van der Waals surface area contributed by atoms with E-state index in [0.29, 0.717) is 0 Å². The van der Waals surface area contributed by atoms with E-state index in [-0.39, 0.29) is 0 Å². The van der Waals surface area contributed by atoms with Gasteiger partial charge in [-0.2, -0.15) is 0 Å². The molecule has 2 radical (unpaired) electrons. The molecular weight excluding hydrogens is 90.1 g/mol. The maximum Gasteiger partial charge on any atom is 0.252 e. The van der Waals surface area contributed by atoms with E-state index in [2.05, 4.69) is 16.7 Å². The van der Waals surface area contributed by atoms with Gasteiger partial charge < -0.3 is 4.90 Å². The van der Waals surface area contributed by atoms with E-state index in [1.165, 1.54) is 0 Å². The van der Waals surface area contributed by atoms with Crippen LogP contribution >= 0.6 is 0 Å². The highest BCUT2D eigenvalue weighted by Crippen LogP contribution is 1.85. The van der Waals surface area contributed by atoms with Gasteiger partial charge in [-0.25, -0.2) is 9.98 Å². The van der Waals surface area contributed by atoms with Crippen molar-refractivity contribution in [3.63, 3.8) is 0 Å². The molecule has 0 saturated carbocycles. The maximum absolute atomic E-state index is 3.61. The SMILES string of the molecule is CN1C=N[C]N=C1. The van der Waals surface area contributed by atoms with Crippen molar-refractivity contribution in [3.05, 3.63) is 6.67 Å². The van der Waals surface area contributed by atoms with E-state index in [1.807, 2.05) is 7.05 Å². The number of hydrogen-bond acceptors (Lipinski definition) is 3. The maximum atomic E-state index is 3.61. The van der Waals surface area contributed by atoms with Crippen molar-refractivity contribution in [1.82, 2.24) is 4.90 Å². The van der Waals surface area contributed by atoms with Crippen LogP contribution in [0.15, 0.2) is 9.98 Å². The van der Waals surface area contributed by atoms with Crippen molar-refractivity contribution < 1.29 is 0 Å². The third kappa shape index (κ3) is 0.994. The Morgan fingerprint density at radius 1 is 1.43 bits per heavy atom. The predicted molar refractivity (Wildman–Crippen MR) is 28.0 cm³/mol. The van der Waals surface area contributed by atoms with Crippen molar-refractivity contribution in [1.29, 1.82) is 0 Å². The van der Waals surface area contributed by atoms with Gasteiger partial charge in [0.15, 0.2) is 0 Å². The average Bonchev–Trinajstić information content (AvgIpc) is 1.69. The Kier molecular flexibility index (Phi) is 1.06. The smallest absolute Gasteiger partial charge is 0.252 e. The van der Waals surface area contributed by atoms with Gasteiger partial charge in [0, 0.05) is 7.05 Å². The first-order valence-electron chi connectivity index (χ1n) is 1.93. The van der Waals surface area contributed by atoms with Crippen LogP contribution in [-0.4, -0.2) is 24.6 Å². The fourth-order valence-corrected chi connectivity index (χ4v) is 0.297. The van der Waals surface area contributed by atoms with E-state index in [9.17, 15) is 0 Å². The van der Waals surface area contributed by atoms with Crippen molar-refractivity contribution in [2.24, 2.45) is 9.98 Å². The molecule has 7 heavy (non-hydrogen) atoms. The summed E-state index contributed by atoms with van der Waals surface area (Å²) >= 11 is 0. The summed E-state index contributed by atoms with van der Waals surface area (Å²) in [5, 5.41) is 0. The van der Waals surface area contributed by atoms with Crippen LogP contribution in [0.5, 0.6) is 0 Å². The van der Waals surface area contributed by atoms with Crippen molar-refractivity contribution in [3.8, 4) is 0 Å². The number of aliphatic imine (C=N–C) groups is 2. The Morgan fingerprint density at radius 2 is 2.00 bits per heavy atom. The van der Waals surface area contributed by atoms with Crippen molar-refractivity contribution in [2.45, 2.75) is 0 Å². The summed E-state index contributed by atoms with van der Waals surface area (Å²) in [6, 6.07) is 0. The van der Waals surface area contributed by atoms with Crippen molar-refractivity contribution in [2.75, 3.05) is 7.05 Å². The molecule has 0 aliphatic carbocycles. The highest BCUT2D eigenvalue weighted by atomic mass is 15.2. The molecular formula is C4H5N3. The van der Waals surface area contributed by atoms with Crippen LogP contribution in [0.25, 0.3) is 0 Å². The zero-order valence-electron chi connectivity index (χ0n) is 4.00. The third-order valence-corrected chi connectivity index (χ3v) is 0.595. The van der Waals surface area contributed by atoms with Gasteiger partial charge in [-0.3, -0.25) is 0 Å². The molecule has 0 spiro atoms. The lowest BCUT2D eigenvalue weighted by molar-refractivity contribution is 0.781. The van der Waals surface area contributed by atoms with E-state index < -0.39 is 0 Å². The number of hydrogen-bond donors (Lipinski definition) is 0. The highest BCUT2D eigenvalue weighted by molar-refractivity contribution is 5.76. The fourth-order valence-electron chi connectivity index (χ4n) is 0.297. The quantitative estimate of drug-likeness (QED) is 0.415. The Labute approximate surface area is 42.4 Å². The lowest BCUT2D eigenvalue weighted by atomic mass is 10.8. The van der Waals surface area contributed by atoms with Crippen molar-refractivity contribution >= 4 is 12.7 Å². The molecule has 0 fully saturated rings. The van der Waals surface area contributed by atoms with E-state index in [1.54, 1.807) is 17.6 Å². The van der Waals surface area contributed by atoms with Crippen LogP contribution in [0.1, 0.15) is 0 Å². The summed E-state index contributed by atoms with van der Waals surface area (Å²) in [6.45, 7) is 2.41. The molecule has 0 atom stereocenters. The van der Waals surface area contributed by atoms with Gasteiger partial charge in [0.25, 0.3) is 6.67 Å². The van der Waals surface area contributed by atoms with E-state index >= 15 is 0 Å². The molecule has 1 rings (SSSR count). The standard InChI is InChI=1S/C4H5N3/c1-7-3-5-2-6-4-7/h3-4H,1H3. The summed E-state index contributed by atoms with van der Waals surface area (Å²) in [4.78, 5) is 8.97. The minimum absolute atomic E-state index is 1.63. The molecule has 0 saturated heterocycles. The molecule has 0 aromatic carbocycles. The summed E-state index contributed by atoms with van der Waals surface area (Å²) < 4.78 is 0. The van der Waals surface area contributed by atoms with Gasteiger partial charge >= 0.3 is 0 Å². The zero-order chi connectivity index (χ0) is 5.11. The van der Waals surface area contributed by atoms with Gasteiger partial charge in [0.2, 0.25) is 0 Å². The Balaban J connectivity index is 2.49. The molecule has 1 heterocycles. The van der Waals surface area contributed by atoms with Gasteiger partial charge in [-0.05, 0) is 0 Å². The summed E-state index contributed by atoms with van der Waals surface area (Å²) in [7, 11) is 1.86. The summed E-state index contributed by atoms with van der Waals surface area (Å²) in [5.74, 6) is 0. The molecule has 1 aliphatic heterocycles. The minimum Gasteiger partial charge on any atom is -0.327 e. The second kappa shape index (κ2) is 1.73. The van der Waals surface area contributed by atoms with Crippen LogP contribution in [0.4, 0.5) is 0 Å². The van der Waals surface area contributed by atoms with Crippen LogP contribution < -0.4 is 0 Å². The molecule has 0 amide bonds. The molecule has 1 aliphatic rings. The predicted octanol–water partition coefficient (Wildman–Crippen LogP) is -0.0153. The second-order valence-corrected chi connectivity index (χ2v) is 1.25. The largest absolute Gasteiger partial charge is 0.327 e. The molecule has 0 N–H and O–H groups in total. The van der Waals surface area contributed by atoms with Gasteiger partial charge in [-0.1, -0.05) is 0 Å². The normalized spacial score (nSPS) is 18.1.